The van der Waals surface area contributed by atoms with Crippen LogP contribution in [0.15, 0.2) is 42.5 Å². The number of para-hydroxylation sites is 2. The Kier molecular flexibility index (Phi) is 4.18. The van der Waals surface area contributed by atoms with E-state index in [2.05, 4.69) is 5.32 Å². The summed E-state index contributed by atoms with van der Waals surface area (Å²) < 4.78 is 5.16. The number of hydrogen-bond donors (Lipinski definition) is 1. The molecular formula is C15H14N2O4. The maximum atomic E-state index is 12.2. The summed E-state index contributed by atoms with van der Waals surface area (Å²) in [6.07, 6.45) is 0. The zero-order valence-corrected chi connectivity index (χ0v) is 11.6. The lowest BCUT2D eigenvalue weighted by Crippen LogP contribution is -2.14. The van der Waals surface area contributed by atoms with Gasteiger partial charge in [-0.25, -0.2) is 0 Å². The lowest BCUT2D eigenvalue weighted by molar-refractivity contribution is -0.384. The van der Waals surface area contributed by atoms with Crippen LogP contribution in [0.2, 0.25) is 0 Å². The van der Waals surface area contributed by atoms with Crippen molar-refractivity contribution in [2.75, 3.05) is 12.4 Å². The third-order valence-corrected chi connectivity index (χ3v) is 3.02. The number of nitrogens with zero attached hydrogens (tertiary/aromatic N) is 1. The van der Waals surface area contributed by atoms with Crippen LogP contribution in [0.1, 0.15) is 15.9 Å². The zero-order chi connectivity index (χ0) is 15.4. The zero-order valence-electron chi connectivity index (χ0n) is 11.6. The van der Waals surface area contributed by atoms with Crippen LogP contribution in [0.5, 0.6) is 5.75 Å². The first-order chi connectivity index (χ1) is 10.0. The van der Waals surface area contributed by atoms with Crippen LogP contribution in [0.3, 0.4) is 0 Å². The van der Waals surface area contributed by atoms with Crippen molar-refractivity contribution in [2.45, 2.75) is 6.92 Å². The molecule has 2 aromatic rings. The van der Waals surface area contributed by atoms with Crippen molar-refractivity contribution < 1.29 is 14.5 Å². The number of nitro groups is 1. The third-order valence-electron chi connectivity index (χ3n) is 3.02. The highest BCUT2D eigenvalue weighted by Crippen LogP contribution is 2.24. The van der Waals surface area contributed by atoms with Gasteiger partial charge in [0.1, 0.15) is 5.75 Å². The van der Waals surface area contributed by atoms with Crippen LogP contribution in [-0.4, -0.2) is 17.9 Å². The number of hydrogen-bond acceptors (Lipinski definition) is 4. The van der Waals surface area contributed by atoms with Gasteiger partial charge in [0.2, 0.25) is 0 Å². The summed E-state index contributed by atoms with van der Waals surface area (Å²) in [4.78, 5) is 22.5. The van der Waals surface area contributed by atoms with E-state index in [1.165, 1.54) is 25.3 Å². The largest absolute Gasteiger partial charge is 0.495 e. The number of carbonyl (C=O) groups excluding carboxylic acids is 1. The van der Waals surface area contributed by atoms with E-state index >= 15 is 0 Å². The van der Waals surface area contributed by atoms with Crippen molar-refractivity contribution in [3.05, 3.63) is 63.7 Å². The number of amides is 1. The number of aryl methyl sites for hydroxylation is 1. The van der Waals surface area contributed by atoms with Crippen molar-refractivity contribution in [2.24, 2.45) is 0 Å². The maximum Gasteiger partial charge on any atom is 0.269 e. The predicted molar refractivity (Wildman–Crippen MR) is 78.8 cm³/mol. The Labute approximate surface area is 121 Å². The van der Waals surface area contributed by atoms with E-state index in [4.69, 9.17) is 4.74 Å². The second-order valence-electron chi connectivity index (χ2n) is 4.41. The first-order valence-electron chi connectivity index (χ1n) is 6.22. The standard InChI is InChI=1S/C15H14N2O4/c1-10-9-11(17(19)20)7-8-12(10)15(18)16-13-5-3-4-6-14(13)21-2/h3-9H,1-2H3,(H,16,18). The molecule has 0 saturated heterocycles. The molecule has 0 saturated carbocycles. The minimum Gasteiger partial charge on any atom is -0.495 e. The van der Waals surface area contributed by atoms with E-state index in [1.54, 1.807) is 31.2 Å². The van der Waals surface area contributed by atoms with Crippen LogP contribution >= 0.6 is 0 Å². The van der Waals surface area contributed by atoms with Gasteiger partial charge < -0.3 is 10.1 Å². The van der Waals surface area contributed by atoms with E-state index in [1.807, 2.05) is 0 Å². The SMILES string of the molecule is COc1ccccc1NC(=O)c1ccc([N+](=O)[O-])cc1C. The topological polar surface area (TPSA) is 81.5 Å². The van der Waals surface area contributed by atoms with Crippen LogP contribution in [0.25, 0.3) is 0 Å². The Bertz CT molecular complexity index is 698. The Balaban J connectivity index is 2.26. The molecule has 2 rings (SSSR count). The van der Waals surface area contributed by atoms with Crippen molar-refractivity contribution in [3.8, 4) is 5.75 Å². The van der Waals surface area contributed by atoms with E-state index in [-0.39, 0.29) is 11.6 Å². The van der Waals surface area contributed by atoms with Crippen molar-refractivity contribution in [3.63, 3.8) is 0 Å². The van der Waals surface area contributed by atoms with E-state index in [0.29, 0.717) is 22.6 Å². The monoisotopic (exact) mass is 286 g/mol. The second kappa shape index (κ2) is 6.04. The number of anilines is 1. The smallest absolute Gasteiger partial charge is 0.269 e. The molecule has 0 atom stereocenters. The van der Waals surface area contributed by atoms with Gasteiger partial charge in [0.15, 0.2) is 0 Å². The van der Waals surface area contributed by atoms with Crippen LogP contribution < -0.4 is 10.1 Å². The molecule has 0 spiro atoms. The van der Waals surface area contributed by atoms with Crippen LogP contribution in [-0.2, 0) is 0 Å². The highest BCUT2D eigenvalue weighted by Gasteiger charge is 2.14. The first kappa shape index (κ1) is 14.5. The summed E-state index contributed by atoms with van der Waals surface area (Å²) in [5.41, 5.74) is 1.42. The fourth-order valence-electron chi connectivity index (χ4n) is 1.95. The lowest BCUT2D eigenvalue weighted by Gasteiger charge is -2.11. The van der Waals surface area contributed by atoms with E-state index in [0.717, 1.165) is 0 Å². The molecule has 2 aromatic carbocycles. The summed E-state index contributed by atoms with van der Waals surface area (Å²) in [6, 6.07) is 11.2. The average molecular weight is 286 g/mol. The number of non-ortho nitro benzene ring substituents is 1. The molecule has 6 heteroatoms. The Morgan fingerprint density at radius 2 is 1.95 bits per heavy atom. The number of nitrogens with one attached hydrogen (secondary N) is 1. The molecule has 0 aliphatic rings. The van der Waals surface area contributed by atoms with Gasteiger partial charge in [0, 0.05) is 17.7 Å². The molecule has 0 bridgehead atoms. The molecule has 0 aliphatic carbocycles. The maximum absolute atomic E-state index is 12.2. The van der Waals surface area contributed by atoms with Gasteiger partial charge in [0.25, 0.3) is 11.6 Å². The molecule has 0 radical (unpaired) electrons. The fraction of sp³-hybridized carbons (Fsp3) is 0.133. The predicted octanol–water partition coefficient (Wildman–Crippen LogP) is 3.16. The molecule has 0 fully saturated rings. The minimum absolute atomic E-state index is 0.0404. The van der Waals surface area contributed by atoms with Gasteiger partial charge in [0.05, 0.1) is 17.7 Å². The van der Waals surface area contributed by atoms with Gasteiger partial charge in [-0.2, -0.15) is 0 Å². The van der Waals surface area contributed by atoms with Gasteiger partial charge in [-0.15, -0.1) is 0 Å². The van der Waals surface area contributed by atoms with Crippen molar-refractivity contribution in [1.29, 1.82) is 0 Å². The van der Waals surface area contributed by atoms with Gasteiger partial charge in [-0.3, -0.25) is 14.9 Å². The molecule has 21 heavy (non-hydrogen) atoms. The Hall–Kier alpha value is -2.89. The number of rotatable bonds is 4. The fourth-order valence-corrected chi connectivity index (χ4v) is 1.95. The molecule has 1 amide bonds. The van der Waals surface area contributed by atoms with E-state index in [9.17, 15) is 14.9 Å². The van der Waals surface area contributed by atoms with Gasteiger partial charge in [-0.05, 0) is 30.7 Å². The number of carbonyl (C=O) groups is 1. The molecule has 0 unspecified atom stereocenters. The molecule has 0 aliphatic heterocycles. The quantitative estimate of drug-likeness (QED) is 0.691. The molecular weight excluding hydrogens is 272 g/mol. The highest BCUT2D eigenvalue weighted by molar-refractivity contribution is 6.06. The molecule has 6 nitrogen and oxygen atoms in total. The molecule has 108 valence electrons. The normalized spacial score (nSPS) is 10.0. The van der Waals surface area contributed by atoms with Crippen molar-refractivity contribution >= 4 is 17.3 Å². The number of ether oxygens (including phenoxy) is 1. The summed E-state index contributed by atoms with van der Waals surface area (Å²) in [5.74, 6) is 0.206. The second-order valence-corrected chi connectivity index (χ2v) is 4.41. The Morgan fingerprint density at radius 3 is 2.57 bits per heavy atom. The highest BCUT2D eigenvalue weighted by atomic mass is 16.6. The number of methoxy groups -OCH3 is 1. The first-order valence-corrected chi connectivity index (χ1v) is 6.22. The van der Waals surface area contributed by atoms with Crippen molar-refractivity contribution in [1.82, 2.24) is 0 Å². The summed E-state index contributed by atoms with van der Waals surface area (Å²) in [5, 5.41) is 13.4. The molecule has 1 N–H and O–H groups in total. The molecule has 0 aromatic heterocycles. The van der Waals surface area contributed by atoms with Crippen LogP contribution in [0.4, 0.5) is 11.4 Å². The van der Waals surface area contributed by atoms with E-state index < -0.39 is 4.92 Å². The summed E-state index contributed by atoms with van der Waals surface area (Å²) in [6.45, 7) is 1.66. The number of benzene rings is 2. The Morgan fingerprint density at radius 1 is 1.24 bits per heavy atom. The minimum atomic E-state index is -0.491. The number of nitro benzene ring substituents is 1. The third kappa shape index (κ3) is 3.17. The lowest BCUT2D eigenvalue weighted by atomic mass is 10.1. The molecule has 0 heterocycles. The van der Waals surface area contributed by atoms with Gasteiger partial charge >= 0.3 is 0 Å². The van der Waals surface area contributed by atoms with Gasteiger partial charge in [-0.1, -0.05) is 12.1 Å². The van der Waals surface area contributed by atoms with Crippen LogP contribution in [0, 0.1) is 17.0 Å². The average Bonchev–Trinajstić information content (AvgIpc) is 2.47. The summed E-state index contributed by atoms with van der Waals surface area (Å²) in [7, 11) is 1.52. The summed E-state index contributed by atoms with van der Waals surface area (Å²) >= 11 is 0.